The molecule has 1 aromatic carbocycles. The smallest absolute Gasteiger partial charge is 0.305 e. The Kier molecular flexibility index (Phi) is 47.5. The summed E-state index contributed by atoms with van der Waals surface area (Å²) in [7, 11) is 0. The molecule has 2 N–H and O–H groups in total. The molecule has 0 aliphatic rings. The lowest BCUT2D eigenvalue weighted by Crippen LogP contribution is -2.16. The van der Waals surface area contributed by atoms with Crippen LogP contribution in [-0.2, 0) is 61.6 Å². The number of nitrogens with two attached hydrogens (primary N) is 1. The largest absolute Gasteiger partial charge is 0.489 e. The van der Waals surface area contributed by atoms with Gasteiger partial charge in [-0.15, -0.1) is 0 Å². The molecular weight excluding hydrogens is 815 g/mol. The third-order valence-corrected chi connectivity index (χ3v) is 9.60. The molecule has 0 saturated carbocycles. The average Bonchev–Trinajstić information content (AvgIpc) is 3.29. The summed E-state index contributed by atoms with van der Waals surface area (Å²) in [6.07, 6.45) is 20.2. The number of hydrogen-bond acceptors (Lipinski definition) is 15. The number of para-hydroxylation sites is 2. The summed E-state index contributed by atoms with van der Waals surface area (Å²) in [6.45, 7) is 13.6. The van der Waals surface area contributed by atoms with Crippen LogP contribution in [0.25, 0.3) is 0 Å². The molecule has 15 nitrogen and oxygen atoms in total. The number of anilines is 1. The Morgan fingerprint density at radius 3 is 0.952 bits per heavy atom. The van der Waals surface area contributed by atoms with Crippen LogP contribution in [0.2, 0.25) is 0 Å². The number of rotatable bonds is 53. The molecule has 1 rings (SSSR count). The molecule has 0 amide bonds. The Labute approximate surface area is 381 Å². The van der Waals surface area contributed by atoms with Gasteiger partial charge in [-0.25, -0.2) is 0 Å². The average molecular weight is 904 g/mol. The van der Waals surface area contributed by atoms with Gasteiger partial charge in [-0.2, -0.15) is 0 Å². The van der Waals surface area contributed by atoms with E-state index in [0.717, 1.165) is 12.8 Å². The minimum atomic E-state index is -0.133. The molecule has 0 saturated heterocycles. The number of carbonyl (C=O) groups excluding carboxylic acids is 1. The lowest BCUT2D eigenvalue weighted by molar-refractivity contribution is -0.145. The molecule has 15 heteroatoms. The third-order valence-electron chi connectivity index (χ3n) is 9.60. The van der Waals surface area contributed by atoms with Gasteiger partial charge in [0, 0.05) is 6.42 Å². The SMILES string of the molecule is CCCCCCCCCCCCCCCCCC(=O)OCCOCCOCCOCCOCCOCCOCCOCCOCCOCCOCCOCCOc1ccccc1N. The minimum Gasteiger partial charge on any atom is -0.489 e. The maximum atomic E-state index is 11.9. The highest BCUT2D eigenvalue weighted by Gasteiger charge is 2.04. The van der Waals surface area contributed by atoms with Crippen molar-refractivity contribution in [1.82, 2.24) is 0 Å². The molecule has 0 aliphatic heterocycles. The summed E-state index contributed by atoms with van der Waals surface area (Å²) >= 11 is 0. The molecule has 0 radical (unpaired) electrons. The van der Waals surface area contributed by atoms with Crippen molar-refractivity contribution in [2.75, 3.05) is 164 Å². The summed E-state index contributed by atoms with van der Waals surface area (Å²) in [6, 6.07) is 7.38. The van der Waals surface area contributed by atoms with E-state index in [1.165, 1.54) is 83.5 Å². The van der Waals surface area contributed by atoms with Gasteiger partial charge in [0.2, 0.25) is 0 Å². The fraction of sp³-hybridized carbons (Fsp3) is 0.854. The summed E-state index contributed by atoms with van der Waals surface area (Å²) in [4.78, 5) is 11.9. The molecule has 0 spiro atoms. The summed E-state index contributed by atoms with van der Waals surface area (Å²) in [5, 5.41) is 0. The van der Waals surface area contributed by atoms with Crippen LogP contribution in [0.4, 0.5) is 5.69 Å². The highest BCUT2D eigenvalue weighted by atomic mass is 16.6. The first-order valence-corrected chi connectivity index (χ1v) is 24.2. The van der Waals surface area contributed by atoms with Gasteiger partial charge < -0.3 is 67.3 Å². The van der Waals surface area contributed by atoms with Crippen molar-refractivity contribution in [3.05, 3.63) is 24.3 Å². The molecule has 63 heavy (non-hydrogen) atoms. The topological polar surface area (TPSA) is 163 Å². The van der Waals surface area contributed by atoms with Crippen molar-refractivity contribution in [2.24, 2.45) is 0 Å². The van der Waals surface area contributed by atoms with E-state index in [1.807, 2.05) is 18.2 Å². The zero-order chi connectivity index (χ0) is 45.0. The molecule has 0 heterocycles. The summed E-state index contributed by atoms with van der Waals surface area (Å²) in [5.41, 5.74) is 6.45. The van der Waals surface area contributed by atoms with E-state index in [2.05, 4.69) is 6.92 Å². The number of benzene rings is 1. The van der Waals surface area contributed by atoms with E-state index >= 15 is 0 Å². The fourth-order valence-electron chi connectivity index (χ4n) is 6.05. The molecule has 370 valence electrons. The van der Waals surface area contributed by atoms with Crippen molar-refractivity contribution in [3.8, 4) is 5.75 Å². The van der Waals surface area contributed by atoms with Crippen LogP contribution < -0.4 is 10.5 Å². The second kappa shape index (κ2) is 50.8. The van der Waals surface area contributed by atoms with Crippen LogP contribution in [0.1, 0.15) is 110 Å². The Morgan fingerprint density at radius 1 is 0.365 bits per heavy atom. The van der Waals surface area contributed by atoms with E-state index in [1.54, 1.807) is 6.07 Å². The van der Waals surface area contributed by atoms with Crippen LogP contribution in [0.3, 0.4) is 0 Å². The number of nitrogen functional groups attached to an aromatic ring is 1. The molecule has 0 aromatic heterocycles. The molecule has 0 unspecified atom stereocenters. The van der Waals surface area contributed by atoms with Crippen LogP contribution >= 0.6 is 0 Å². The maximum absolute atomic E-state index is 11.9. The summed E-state index contributed by atoms with van der Waals surface area (Å²) in [5.74, 6) is 0.533. The minimum absolute atomic E-state index is 0.133. The first-order valence-electron chi connectivity index (χ1n) is 24.2. The Bertz CT molecular complexity index is 1060. The van der Waals surface area contributed by atoms with Crippen LogP contribution in [0, 0.1) is 0 Å². The molecule has 1 aromatic rings. The standard InChI is InChI=1S/C48H89NO14/c1-2-3-4-5-6-7-8-9-10-11-12-13-14-15-16-21-48(50)63-45-43-61-41-39-59-37-35-57-33-31-55-29-27-53-25-23-51-22-24-52-26-28-54-30-32-56-34-36-58-38-40-60-42-44-62-47-20-18-17-19-46(47)49/h17-20H,2-16,21-45,49H2,1H3. The van der Waals surface area contributed by atoms with Crippen molar-refractivity contribution >= 4 is 11.7 Å². The molecule has 0 fully saturated rings. The van der Waals surface area contributed by atoms with Crippen LogP contribution in [0.5, 0.6) is 5.75 Å². The second-order valence-corrected chi connectivity index (χ2v) is 15.0. The molecule has 0 atom stereocenters. The molecule has 0 bridgehead atoms. The predicted molar refractivity (Wildman–Crippen MR) is 246 cm³/mol. The van der Waals surface area contributed by atoms with Gasteiger partial charge >= 0.3 is 5.97 Å². The number of unbranched alkanes of at least 4 members (excludes halogenated alkanes) is 14. The van der Waals surface area contributed by atoms with Gasteiger partial charge in [0.15, 0.2) is 0 Å². The maximum Gasteiger partial charge on any atom is 0.305 e. The molecular formula is C48H89NO14. The van der Waals surface area contributed by atoms with Gasteiger partial charge in [-0.3, -0.25) is 4.79 Å². The van der Waals surface area contributed by atoms with E-state index in [0.29, 0.717) is 170 Å². The van der Waals surface area contributed by atoms with Gasteiger partial charge in [0.25, 0.3) is 0 Å². The zero-order valence-electron chi connectivity index (χ0n) is 39.4. The lowest BCUT2D eigenvalue weighted by atomic mass is 10.0. The number of esters is 1. The first-order chi connectivity index (χ1) is 31.2. The van der Waals surface area contributed by atoms with Gasteiger partial charge in [-0.05, 0) is 18.6 Å². The number of hydrogen-bond donors (Lipinski definition) is 1. The van der Waals surface area contributed by atoms with E-state index in [9.17, 15) is 4.79 Å². The van der Waals surface area contributed by atoms with E-state index in [4.69, 9.17) is 67.3 Å². The van der Waals surface area contributed by atoms with Gasteiger partial charge in [-0.1, -0.05) is 109 Å². The van der Waals surface area contributed by atoms with Gasteiger partial charge in [0.05, 0.1) is 151 Å². The zero-order valence-corrected chi connectivity index (χ0v) is 39.4. The van der Waals surface area contributed by atoms with Crippen molar-refractivity contribution in [1.29, 1.82) is 0 Å². The normalized spacial score (nSPS) is 11.4. The van der Waals surface area contributed by atoms with Crippen molar-refractivity contribution in [3.63, 3.8) is 0 Å². The highest BCUT2D eigenvalue weighted by Crippen LogP contribution is 2.19. The monoisotopic (exact) mass is 904 g/mol. The first kappa shape index (κ1) is 58.9. The Balaban J connectivity index is 1.63. The Morgan fingerprint density at radius 2 is 0.635 bits per heavy atom. The van der Waals surface area contributed by atoms with Crippen LogP contribution in [-0.4, -0.2) is 165 Å². The summed E-state index contributed by atoms with van der Waals surface area (Å²) < 4.78 is 71.4. The van der Waals surface area contributed by atoms with Crippen LogP contribution in [0.15, 0.2) is 24.3 Å². The highest BCUT2D eigenvalue weighted by molar-refractivity contribution is 5.69. The molecule has 0 aliphatic carbocycles. The fourth-order valence-corrected chi connectivity index (χ4v) is 6.05. The Hall–Kier alpha value is -2.15. The third kappa shape index (κ3) is 46.2. The van der Waals surface area contributed by atoms with E-state index in [-0.39, 0.29) is 12.6 Å². The predicted octanol–water partition coefficient (Wildman–Crippen LogP) is 7.63. The second-order valence-electron chi connectivity index (χ2n) is 15.0. The van der Waals surface area contributed by atoms with Gasteiger partial charge in [0.1, 0.15) is 19.0 Å². The lowest BCUT2D eigenvalue weighted by Gasteiger charge is -2.10. The quantitative estimate of drug-likeness (QED) is 0.0385. The van der Waals surface area contributed by atoms with Crippen molar-refractivity contribution < 1.29 is 66.4 Å². The number of ether oxygens (including phenoxy) is 13. The van der Waals surface area contributed by atoms with Crippen molar-refractivity contribution in [2.45, 2.75) is 110 Å². The number of carbonyl (C=O) groups is 1. The van der Waals surface area contributed by atoms with E-state index < -0.39 is 0 Å².